The second-order valence-corrected chi connectivity index (χ2v) is 4.08. The van der Waals surface area contributed by atoms with E-state index in [1.807, 2.05) is 0 Å². The van der Waals surface area contributed by atoms with Crippen LogP contribution in [0.25, 0.3) is 0 Å². The molecule has 2 rings (SSSR count). The molecule has 4 heteroatoms. The minimum atomic E-state index is 0. The second-order valence-electron chi connectivity index (χ2n) is 4.08. The van der Waals surface area contributed by atoms with Crippen LogP contribution in [0.15, 0.2) is 23.3 Å². The standard InChI is InChI=1S/C9H12.C4H10O2.H2O.H2S/c1-2-5-9-7-3-6-8(9)4-1;5-3-1-2-4-6;;/h1,4H,2-3,5-7H2;5-6H,1-4H2;2*1H2. The Morgan fingerprint density at radius 1 is 1.00 bits per heavy atom. The van der Waals surface area contributed by atoms with Crippen LogP contribution in [0.4, 0.5) is 0 Å². The van der Waals surface area contributed by atoms with E-state index in [0.717, 1.165) is 12.8 Å². The molecular weight excluding hydrogens is 236 g/mol. The highest BCUT2D eigenvalue weighted by molar-refractivity contribution is 7.59. The fraction of sp³-hybridized carbons (Fsp3) is 0.692. The van der Waals surface area contributed by atoms with E-state index in [0.29, 0.717) is 0 Å². The van der Waals surface area contributed by atoms with Crippen molar-refractivity contribution in [1.82, 2.24) is 0 Å². The number of hydrogen-bond donors (Lipinski definition) is 2. The highest BCUT2D eigenvalue weighted by atomic mass is 32.1. The highest BCUT2D eigenvalue weighted by Crippen LogP contribution is 2.32. The van der Waals surface area contributed by atoms with Gasteiger partial charge in [-0.25, -0.2) is 0 Å². The van der Waals surface area contributed by atoms with E-state index < -0.39 is 0 Å². The SMILES string of the molecule is C1=CC2=C(CC1)CCC2.O.OCCCCO.S. The third-order valence-electron chi connectivity index (χ3n) is 2.88. The largest absolute Gasteiger partial charge is 0.412 e. The molecule has 0 atom stereocenters. The molecule has 0 aromatic rings. The predicted molar refractivity (Wildman–Crippen MR) is 76.7 cm³/mol. The first-order chi connectivity index (χ1) is 7.38. The first-order valence-electron chi connectivity index (χ1n) is 5.97. The summed E-state index contributed by atoms with van der Waals surface area (Å²) in [6.45, 7) is 0.390. The predicted octanol–water partition coefficient (Wildman–Crippen LogP) is 1.86. The second kappa shape index (κ2) is 12.2. The summed E-state index contributed by atoms with van der Waals surface area (Å²) in [6.07, 6.45) is 12.9. The van der Waals surface area contributed by atoms with Crippen molar-refractivity contribution in [1.29, 1.82) is 0 Å². The molecule has 2 aliphatic carbocycles. The Hall–Kier alpha value is -0.290. The maximum atomic E-state index is 8.09. The van der Waals surface area contributed by atoms with Crippen molar-refractivity contribution in [2.75, 3.05) is 13.2 Å². The van der Waals surface area contributed by atoms with Gasteiger partial charge in [0.2, 0.25) is 0 Å². The molecule has 0 aromatic heterocycles. The van der Waals surface area contributed by atoms with Crippen molar-refractivity contribution in [3.63, 3.8) is 0 Å². The number of aliphatic hydroxyl groups excluding tert-OH is 2. The number of allylic oxidation sites excluding steroid dienone is 4. The Balaban J connectivity index is 0. The smallest absolute Gasteiger partial charge is 0.0431 e. The zero-order chi connectivity index (χ0) is 10.9. The third kappa shape index (κ3) is 7.60. The molecule has 3 nitrogen and oxygen atoms in total. The molecule has 0 aromatic carbocycles. The lowest BCUT2D eigenvalue weighted by molar-refractivity contribution is 0.242. The topological polar surface area (TPSA) is 72.0 Å². The van der Waals surface area contributed by atoms with Crippen molar-refractivity contribution in [2.24, 2.45) is 0 Å². The van der Waals surface area contributed by atoms with Crippen LogP contribution in [-0.4, -0.2) is 28.9 Å². The lowest BCUT2D eigenvalue weighted by atomic mass is 10.0. The van der Waals surface area contributed by atoms with Crippen molar-refractivity contribution in [2.45, 2.75) is 44.9 Å². The van der Waals surface area contributed by atoms with Crippen LogP contribution in [0.5, 0.6) is 0 Å². The van der Waals surface area contributed by atoms with Gasteiger partial charge in [0.15, 0.2) is 0 Å². The summed E-state index contributed by atoms with van der Waals surface area (Å²) >= 11 is 0. The highest BCUT2D eigenvalue weighted by Gasteiger charge is 2.13. The fourth-order valence-corrected chi connectivity index (χ4v) is 2.02. The monoisotopic (exact) mass is 262 g/mol. The van der Waals surface area contributed by atoms with Gasteiger partial charge < -0.3 is 15.7 Å². The molecule has 0 aliphatic heterocycles. The van der Waals surface area contributed by atoms with Crippen LogP contribution in [0.2, 0.25) is 0 Å². The first kappa shape index (κ1) is 19.1. The van der Waals surface area contributed by atoms with Crippen molar-refractivity contribution in [3.8, 4) is 0 Å². The molecule has 0 radical (unpaired) electrons. The van der Waals surface area contributed by atoms with E-state index >= 15 is 0 Å². The van der Waals surface area contributed by atoms with Gasteiger partial charge in [-0.1, -0.05) is 17.7 Å². The average Bonchev–Trinajstić information content (AvgIpc) is 2.75. The van der Waals surface area contributed by atoms with Gasteiger partial charge in [0.25, 0.3) is 0 Å². The van der Waals surface area contributed by atoms with Crippen molar-refractivity contribution < 1.29 is 15.7 Å². The van der Waals surface area contributed by atoms with E-state index in [-0.39, 0.29) is 32.2 Å². The summed E-state index contributed by atoms with van der Waals surface area (Å²) < 4.78 is 0. The van der Waals surface area contributed by atoms with Gasteiger partial charge in [-0.05, 0) is 50.5 Å². The number of unbranched alkanes of at least 4 members (excludes halogenated alkanes) is 1. The zero-order valence-corrected chi connectivity index (χ0v) is 11.4. The Bertz CT molecular complexity index is 233. The van der Waals surface area contributed by atoms with Crippen LogP contribution >= 0.6 is 13.5 Å². The van der Waals surface area contributed by atoms with E-state index in [2.05, 4.69) is 12.2 Å². The van der Waals surface area contributed by atoms with E-state index in [9.17, 15) is 0 Å². The average molecular weight is 262 g/mol. The molecular formula is C13H26O3S. The maximum absolute atomic E-state index is 8.09. The van der Waals surface area contributed by atoms with Crippen LogP contribution < -0.4 is 0 Å². The molecule has 0 heterocycles. The molecule has 0 unspecified atom stereocenters. The van der Waals surface area contributed by atoms with Gasteiger partial charge in [0.05, 0.1) is 0 Å². The van der Waals surface area contributed by atoms with Crippen LogP contribution in [0, 0.1) is 0 Å². The minimum absolute atomic E-state index is 0. The maximum Gasteiger partial charge on any atom is 0.0431 e. The molecule has 0 saturated carbocycles. The normalized spacial score (nSPS) is 16.4. The molecule has 0 amide bonds. The molecule has 0 bridgehead atoms. The molecule has 0 saturated heterocycles. The first-order valence-corrected chi connectivity index (χ1v) is 5.97. The van der Waals surface area contributed by atoms with Crippen LogP contribution in [0.1, 0.15) is 44.9 Å². The van der Waals surface area contributed by atoms with Gasteiger partial charge in [0, 0.05) is 13.2 Å². The van der Waals surface area contributed by atoms with Gasteiger partial charge in [0.1, 0.15) is 0 Å². The molecule has 2 aliphatic rings. The molecule has 0 spiro atoms. The summed E-state index contributed by atoms with van der Waals surface area (Å²) in [5, 5.41) is 16.2. The molecule has 4 N–H and O–H groups in total. The Morgan fingerprint density at radius 3 is 2.18 bits per heavy atom. The summed E-state index contributed by atoms with van der Waals surface area (Å²) in [6, 6.07) is 0. The lowest BCUT2D eigenvalue weighted by Gasteiger charge is -2.05. The quantitative estimate of drug-likeness (QED) is 0.762. The molecule has 0 fully saturated rings. The lowest BCUT2D eigenvalue weighted by Crippen LogP contribution is -1.85. The minimum Gasteiger partial charge on any atom is -0.412 e. The molecule has 102 valence electrons. The Kier molecular flexibility index (Phi) is 13.6. The van der Waals surface area contributed by atoms with Crippen molar-refractivity contribution >= 4 is 13.5 Å². The summed E-state index contributed by atoms with van der Waals surface area (Å²) in [5.74, 6) is 0. The van der Waals surface area contributed by atoms with E-state index in [4.69, 9.17) is 10.2 Å². The zero-order valence-electron chi connectivity index (χ0n) is 10.4. The number of hydrogen-bond acceptors (Lipinski definition) is 2. The van der Waals surface area contributed by atoms with E-state index in [1.165, 1.54) is 32.1 Å². The van der Waals surface area contributed by atoms with Gasteiger partial charge in [-0.3, -0.25) is 0 Å². The Morgan fingerprint density at radius 2 is 1.65 bits per heavy atom. The number of aliphatic hydroxyl groups is 2. The molecule has 17 heavy (non-hydrogen) atoms. The van der Waals surface area contributed by atoms with Gasteiger partial charge in [-0.15, -0.1) is 0 Å². The van der Waals surface area contributed by atoms with Crippen LogP contribution in [0.3, 0.4) is 0 Å². The van der Waals surface area contributed by atoms with E-state index in [1.54, 1.807) is 11.1 Å². The summed E-state index contributed by atoms with van der Waals surface area (Å²) in [5.41, 5.74) is 3.40. The summed E-state index contributed by atoms with van der Waals surface area (Å²) in [4.78, 5) is 0. The number of rotatable bonds is 3. The van der Waals surface area contributed by atoms with Crippen molar-refractivity contribution in [3.05, 3.63) is 23.3 Å². The van der Waals surface area contributed by atoms with Crippen LogP contribution in [-0.2, 0) is 0 Å². The van der Waals surface area contributed by atoms with Gasteiger partial charge in [-0.2, -0.15) is 13.5 Å². The third-order valence-corrected chi connectivity index (χ3v) is 2.88. The van der Waals surface area contributed by atoms with Gasteiger partial charge >= 0.3 is 0 Å². The Labute approximate surface area is 111 Å². The summed E-state index contributed by atoms with van der Waals surface area (Å²) in [7, 11) is 0. The fourth-order valence-electron chi connectivity index (χ4n) is 2.02.